The highest BCUT2D eigenvalue weighted by Crippen LogP contribution is 2.21. The third-order valence-corrected chi connectivity index (χ3v) is 2.60. The Morgan fingerprint density at radius 3 is 2.90 bits per heavy atom. The zero-order valence-corrected chi connectivity index (χ0v) is 6.34. The average molecular weight is 137 g/mol. The summed E-state index contributed by atoms with van der Waals surface area (Å²) in [6.45, 7) is 0. The molecule has 2 aliphatic rings. The van der Waals surface area contributed by atoms with Gasteiger partial charge in [0, 0.05) is 12.1 Å². The Bertz CT molecular complexity index is 140. The summed E-state index contributed by atoms with van der Waals surface area (Å²) in [5.41, 5.74) is 0. The first-order valence-electron chi connectivity index (χ1n) is 4.36. The Labute approximate surface area is 62.5 Å². The van der Waals surface area contributed by atoms with Crippen molar-refractivity contribution in [2.75, 3.05) is 0 Å². The number of nitrogens with one attached hydrogen (secondary N) is 1. The molecule has 0 saturated carbocycles. The highest BCUT2D eigenvalue weighted by molar-refractivity contribution is 4.95. The number of hydrogen-bond acceptors (Lipinski definition) is 1. The minimum absolute atomic E-state index is 0.807. The maximum atomic E-state index is 3.64. The van der Waals surface area contributed by atoms with Crippen LogP contribution >= 0.6 is 0 Å². The lowest BCUT2D eigenvalue weighted by Gasteiger charge is -2.14. The smallest absolute Gasteiger partial charge is 0.0105 e. The third-order valence-electron chi connectivity index (χ3n) is 2.60. The van der Waals surface area contributed by atoms with Gasteiger partial charge < -0.3 is 5.32 Å². The van der Waals surface area contributed by atoms with Crippen molar-refractivity contribution in [2.24, 2.45) is 0 Å². The van der Waals surface area contributed by atoms with E-state index < -0.39 is 0 Å². The second-order valence-electron chi connectivity index (χ2n) is 3.42. The summed E-state index contributed by atoms with van der Waals surface area (Å²) >= 11 is 0. The van der Waals surface area contributed by atoms with Crippen LogP contribution in [0.4, 0.5) is 0 Å². The van der Waals surface area contributed by atoms with Gasteiger partial charge in [-0.05, 0) is 32.1 Å². The summed E-state index contributed by atoms with van der Waals surface area (Å²) in [4.78, 5) is 0. The number of fused-ring (bicyclic) bond motifs is 2. The quantitative estimate of drug-likeness (QED) is 0.502. The van der Waals surface area contributed by atoms with E-state index in [9.17, 15) is 0 Å². The van der Waals surface area contributed by atoms with Crippen molar-refractivity contribution in [1.29, 1.82) is 0 Å². The molecule has 0 aromatic carbocycles. The van der Waals surface area contributed by atoms with Crippen LogP contribution in [0.1, 0.15) is 32.1 Å². The van der Waals surface area contributed by atoms with E-state index in [1.54, 1.807) is 0 Å². The van der Waals surface area contributed by atoms with Crippen LogP contribution in [0.3, 0.4) is 0 Å². The highest BCUT2D eigenvalue weighted by atomic mass is 15.0. The first kappa shape index (κ1) is 6.41. The topological polar surface area (TPSA) is 12.0 Å². The summed E-state index contributed by atoms with van der Waals surface area (Å²) in [7, 11) is 0. The summed E-state index contributed by atoms with van der Waals surface area (Å²) in [5.74, 6) is 0. The Kier molecular flexibility index (Phi) is 1.76. The van der Waals surface area contributed by atoms with Crippen LogP contribution in [0.15, 0.2) is 12.2 Å². The fourth-order valence-electron chi connectivity index (χ4n) is 1.99. The number of hydrogen-bond donors (Lipinski definition) is 1. The van der Waals surface area contributed by atoms with E-state index in [1.165, 1.54) is 32.1 Å². The Balaban J connectivity index is 2.01. The van der Waals surface area contributed by atoms with E-state index in [4.69, 9.17) is 0 Å². The van der Waals surface area contributed by atoms with E-state index in [1.807, 2.05) is 0 Å². The minimum atomic E-state index is 0.807. The Morgan fingerprint density at radius 2 is 1.90 bits per heavy atom. The molecule has 2 aliphatic heterocycles. The van der Waals surface area contributed by atoms with Crippen LogP contribution in [0, 0.1) is 0 Å². The van der Waals surface area contributed by atoms with Gasteiger partial charge >= 0.3 is 0 Å². The molecule has 56 valence electrons. The fraction of sp³-hybridized carbons (Fsp3) is 0.778. The van der Waals surface area contributed by atoms with Gasteiger partial charge in [0.05, 0.1) is 0 Å². The molecule has 0 amide bonds. The third kappa shape index (κ3) is 1.24. The van der Waals surface area contributed by atoms with Crippen molar-refractivity contribution in [1.82, 2.24) is 5.32 Å². The van der Waals surface area contributed by atoms with Crippen molar-refractivity contribution >= 4 is 0 Å². The van der Waals surface area contributed by atoms with Crippen molar-refractivity contribution in [2.45, 2.75) is 44.2 Å². The molecule has 2 bridgehead atoms. The molecule has 0 radical (unpaired) electrons. The number of rotatable bonds is 0. The standard InChI is InChI=1S/C9H15N/c1-2-4-8-6-7-9(10-8)5-3-1/h1-2,8-10H,3-7H2. The zero-order chi connectivity index (χ0) is 6.81. The molecule has 1 heteroatoms. The van der Waals surface area contributed by atoms with E-state index in [0.29, 0.717) is 0 Å². The largest absolute Gasteiger partial charge is 0.311 e. The molecule has 1 nitrogen and oxygen atoms in total. The van der Waals surface area contributed by atoms with Gasteiger partial charge in [0.25, 0.3) is 0 Å². The lowest BCUT2D eigenvalue weighted by Crippen LogP contribution is -2.29. The molecule has 0 aliphatic carbocycles. The molecule has 0 aromatic rings. The first-order chi connectivity index (χ1) is 4.95. The van der Waals surface area contributed by atoms with Crippen LogP contribution in [0.25, 0.3) is 0 Å². The predicted molar refractivity (Wildman–Crippen MR) is 42.9 cm³/mol. The van der Waals surface area contributed by atoms with Gasteiger partial charge in [0.1, 0.15) is 0 Å². The molecule has 0 aromatic heterocycles. The molecule has 10 heavy (non-hydrogen) atoms. The minimum Gasteiger partial charge on any atom is -0.311 e. The Hall–Kier alpha value is -0.300. The monoisotopic (exact) mass is 137 g/mol. The normalized spacial score (nSPS) is 39.2. The van der Waals surface area contributed by atoms with Crippen molar-refractivity contribution < 1.29 is 0 Å². The predicted octanol–water partition coefficient (Wildman–Crippen LogP) is 1.85. The molecule has 2 rings (SSSR count). The van der Waals surface area contributed by atoms with Crippen molar-refractivity contribution in [3.05, 3.63) is 12.2 Å². The molecular formula is C9H15N. The second kappa shape index (κ2) is 2.75. The highest BCUT2D eigenvalue weighted by Gasteiger charge is 2.22. The number of allylic oxidation sites excluding steroid dienone is 1. The van der Waals surface area contributed by atoms with Crippen LogP contribution in [0.5, 0.6) is 0 Å². The zero-order valence-electron chi connectivity index (χ0n) is 6.34. The van der Waals surface area contributed by atoms with Gasteiger partial charge in [0.15, 0.2) is 0 Å². The van der Waals surface area contributed by atoms with E-state index in [2.05, 4.69) is 17.5 Å². The van der Waals surface area contributed by atoms with Gasteiger partial charge in [-0.25, -0.2) is 0 Å². The molecule has 1 fully saturated rings. The lowest BCUT2D eigenvalue weighted by molar-refractivity contribution is 0.507. The van der Waals surface area contributed by atoms with Gasteiger partial charge in [-0.3, -0.25) is 0 Å². The molecule has 2 heterocycles. The van der Waals surface area contributed by atoms with Crippen molar-refractivity contribution in [3.63, 3.8) is 0 Å². The van der Waals surface area contributed by atoms with Gasteiger partial charge in [0.2, 0.25) is 0 Å². The molecule has 1 saturated heterocycles. The summed E-state index contributed by atoms with van der Waals surface area (Å²) < 4.78 is 0. The van der Waals surface area contributed by atoms with E-state index >= 15 is 0 Å². The van der Waals surface area contributed by atoms with Gasteiger partial charge in [-0.15, -0.1) is 0 Å². The molecular weight excluding hydrogens is 122 g/mol. The molecule has 2 unspecified atom stereocenters. The van der Waals surface area contributed by atoms with Crippen LogP contribution < -0.4 is 5.32 Å². The first-order valence-corrected chi connectivity index (χ1v) is 4.36. The van der Waals surface area contributed by atoms with Crippen LogP contribution in [-0.2, 0) is 0 Å². The molecule has 0 spiro atoms. The van der Waals surface area contributed by atoms with Gasteiger partial charge in [-0.1, -0.05) is 12.2 Å². The van der Waals surface area contributed by atoms with Crippen LogP contribution in [-0.4, -0.2) is 12.1 Å². The summed E-state index contributed by atoms with van der Waals surface area (Å²) in [5, 5.41) is 3.64. The van der Waals surface area contributed by atoms with E-state index in [-0.39, 0.29) is 0 Å². The lowest BCUT2D eigenvalue weighted by atomic mass is 10.1. The molecule has 2 atom stereocenters. The molecule has 1 N–H and O–H groups in total. The average Bonchev–Trinajstić information content (AvgIpc) is 2.30. The maximum Gasteiger partial charge on any atom is 0.0105 e. The fourth-order valence-corrected chi connectivity index (χ4v) is 1.99. The van der Waals surface area contributed by atoms with Crippen LogP contribution in [0.2, 0.25) is 0 Å². The SMILES string of the molecule is C1=CCC2CCC(CC1)N2. The van der Waals surface area contributed by atoms with Gasteiger partial charge in [-0.2, -0.15) is 0 Å². The second-order valence-corrected chi connectivity index (χ2v) is 3.42. The summed E-state index contributed by atoms with van der Waals surface area (Å²) in [6.07, 6.45) is 11.4. The van der Waals surface area contributed by atoms with Crippen molar-refractivity contribution in [3.8, 4) is 0 Å². The Morgan fingerprint density at radius 1 is 1.00 bits per heavy atom. The summed E-state index contributed by atoms with van der Waals surface area (Å²) in [6, 6.07) is 1.65. The maximum absolute atomic E-state index is 3.64. The van der Waals surface area contributed by atoms with E-state index in [0.717, 1.165) is 12.1 Å².